The van der Waals surface area contributed by atoms with E-state index in [4.69, 9.17) is 0 Å². The number of rotatable bonds is 5. The van der Waals surface area contributed by atoms with E-state index in [-0.39, 0.29) is 23.1 Å². The lowest BCUT2D eigenvalue weighted by molar-refractivity contribution is -0.140. The first kappa shape index (κ1) is 15.7. The molecule has 1 aliphatic rings. The molecule has 1 aromatic rings. The standard InChI is InChI=1S/C18H25NO2/c1-4-10-18(11-5-2)12-15(20)19-17(21)16(18)14-9-7-6-8-13(14)3/h6-9,16H,4-5,10-12H2,1-3H3,(H,19,20,21). The van der Waals surface area contributed by atoms with E-state index < -0.39 is 0 Å². The van der Waals surface area contributed by atoms with Crippen LogP contribution in [-0.4, -0.2) is 11.8 Å². The molecule has 1 heterocycles. The van der Waals surface area contributed by atoms with Crippen molar-refractivity contribution < 1.29 is 9.59 Å². The van der Waals surface area contributed by atoms with Crippen LogP contribution in [0.1, 0.15) is 63.0 Å². The van der Waals surface area contributed by atoms with Crippen LogP contribution in [0.5, 0.6) is 0 Å². The van der Waals surface area contributed by atoms with E-state index in [0.717, 1.165) is 36.8 Å². The van der Waals surface area contributed by atoms with Crippen LogP contribution in [0.2, 0.25) is 0 Å². The van der Waals surface area contributed by atoms with Crippen molar-refractivity contribution in [2.24, 2.45) is 5.41 Å². The maximum Gasteiger partial charge on any atom is 0.234 e. The maximum atomic E-state index is 12.6. The van der Waals surface area contributed by atoms with E-state index >= 15 is 0 Å². The molecule has 1 saturated heterocycles. The Labute approximate surface area is 127 Å². The number of carbonyl (C=O) groups excluding carboxylic acids is 2. The van der Waals surface area contributed by atoms with Gasteiger partial charge < -0.3 is 0 Å². The summed E-state index contributed by atoms with van der Waals surface area (Å²) in [5.41, 5.74) is 1.97. The zero-order valence-corrected chi connectivity index (χ0v) is 13.2. The molecule has 2 amide bonds. The maximum absolute atomic E-state index is 12.6. The van der Waals surface area contributed by atoms with Crippen LogP contribution < -0.4 is 5.32 Å². The third kappa shape index (κ3) is 3.02. The predicted molar refractivity (Wildman–Crippen MR) is 83.9 cm³/mol. The number of imide groups is 1. The van der Waals surface area contributed by atoms with Crippen LogP contribution in [0, 0.1) is 12.3 Å². The summed E-state index contributed by atoms with van der Waals surface area (Å²) in [7, 11) is 0. The van der Waals surface area contributed by atoms with Crippen LogP contribution >= 0.6 is 0 Å². The molecule has 3 nitrogen and oxygen atoms in total. The molecule has 3 heteroatoms. The lowest BCUT2D eigenvalue weighted by Gasteiger charge is -2.43. The Balaban J connectivity index is 2.52. The molecule has 0 bridgehead atoms. The first-order valence-corrected chi connectivity index (χ1v) is 7.93. The molecule has 0 aromatic heterocycles. The van der Waals surface area contributed by atoms with Gasteiger partial charge in [-0.2, -0.15) is 0 Å². The molecule has 1 atom stereocenters. The van der Waals surface area contributed by atoms with Crippen molar-refractivity contribution in [2.45, 2.75) is 58.8 Å². The van der Waals surface area contributed by atoms with Crippen molar-refractivity contribution in [3.63, 3.8) is 0 Å². The van der Waals surface area contributed by atoms with Crippen LogP contribution in [-0.2, 0) is 9.59 Å². The fourth-order valence-corrected chi connectivity index (χ4v) is 3.92. The first-order valence-electron chi connectivity index (χ1n) is 7.93. The van der Waals surface area contributed by atoms with Crippen LogP contribution in [0.3, 0.4) is 0 Å². The zero-order valence-electron chi connectivity index (χ0n) is 13.2. The van der Waals surface area contributed by atoms with Crippen molar-refractivity contribution in [1.82, 2.24) is 5.32 Å². The lowest BCUT2D eigenvalue weighted by atomic mass is 9.62. The number of hydrogen-bond donors (Lipinski definition) is 1. The number of carbonyl (C=O) groups is 2. The van der Waals surface area contributed by atoms with E-state index in [2.05, 4.69) is 19.2 Å². The monoisotopic (exact) mass is 287 g/mol. The van der Waals surface area contributed by atoms with Gasteiger partial charge in [0.2, 0.25) is 11.8 Å². The molecule has 1 N–H and O–H groups in total. The van der Waals surface area contributed by atoms with Gasteiger partial charge in [-0.15, -0.1) is 0 Å². The Kier molecular flexibility index (Phi) is 4.81. The molecule has 0 radical (unpaired) electrons. The first-order chi connectivity index (χ1) is 10.0. The minimum Gasteiger partial charge on any atom is -0.296 e. The fraction of sp³-hybridized carbons (Fsp3) is 0.556. The Bertz CT molecular complexity index is 530. The van der Waals surface area contributed by atoms with E-state index in [1.54, 1.807) is 0 Å². The van der Waals surface area contributed by atoms with E-state index in [1.165, 1.54) is 0 Å². The Morgan fingerprint density at radius 1 is 1.14 bits per heavy atom. The van der Waals surface area contributed by atoms with Gasteiger partial charge in [-0.1, -0.05) is 51.0 Å². The molecule has 1 aliphatic heterocycles. The van der Waals surface area contributed by atoms with Gasteiger partial charge in [-0.05, 0) is 36.3 Å². The Morgan fingerprint density at radius 2 is 1.76 bits per heavy atom. The van der Waals surface area contributed by atoms with Crippen molar-refractivity contribution in [1.29, 1.82) is 0 Å². The second-order valence-electron chi connectivity index (χ2n) is 6.24. The average molecular weight is 287 g/mol. The van der Waals surface area contributed by atoms with Gasteiger partial charge in [-0.25, -0.2) is 0 Å². The van der Waals surface area contributed by atoms with E-state index in [9.17, 15) is 9.59 Å². The van der Waals surface area contributed by atoms with Gasteiger partial charge >= 0.3 is 0 Å². The number of hydrogen-bond acceptors (Lipinski definition) is 2. The van der Waals surface area contributed by atoms with Gasteiger partial charge in [0.1, 0.15) is 0 Å². The van der Waals surface area contributed by atoms with Gasteiger partial charge in [-0.3, -0.25) is 14.9 Å². The van der Waals surface area contributed by atoms with Crippen molar-refractivity contribution >= 4 is 11.8 Å². The molecule has 0 spiro atoms. The molecule has 2 rings (SSSR count). The molecule has 1 fully saturated rings. The summed E-state index contributed by atoms with van der Waals surface area (Å²) in [6.45, 7) is 6.30. The molecule has 1 unspecified atom stereocenters. The minimum atomic E-state index is -0.227. The van der Waals surface area contributed by atoms with Crippen molar-refractivity contribution in [2.75, 3.05) is 0 Å². The zero-order chi connectivity index (χ0) is 15.5. The molecular weight excluding hydrogens is 262 g/mol. The largest absolute Gasteiger partial charge is 0.296 e. The van der Waals surface area contributed by atoms with Crippen LogP contribution in [0.4, 0.5) is 0 Å². The number of benzene rings is 1. The number of piperidine rings is 1. The third-order valence-electron chi connectivity index (χ3n) is 4.65. The minimum absolute atomic E-state index is 0.119. The summed E-state index contributed by atoms with van der Waals surface area (Å²) in [5.74, 6) is -0.453. The SMILES string of the molecule is CCCC1(CCC)CC(=O)NC(=O)C1c1ccccc1C. The summed E-state index contributed by atoms with van der Waals surface area (Å²) in [6.07, 6.45) is 4.27. The van der Waals surface area contributed by atoms with Crippen molar-refractivity contribution in [3.05, 3.63) is 35.4 Å². The molecular formula is C18H25NO2. The second kappa shape index (κ2) is 6.42. The highest BCUT2D eigenvalue weighted by molar-refractivity contribution is 6.02. The summed E-state index contributed by atoms with van der Waals surface area (Å²) < 4.78 is 0. The number of nitrogens with one attached hydrogen (secondary N) is 1. The highest BCUT2D eigenvalue weighted by Gasteiger charge is 2.48. The number of amides is 2. The van der Waals surface area contributed by atoms with Crippen LogP contribution in [0.25, 0.3) is 0 Å². The molecule has 0 aliphatic carbocycles. The topological polar surface area (TPSA) is 46.2 Å². The fourth-order valence-electron chi connectivity index (χ4n) is 3.92. The van der Waals surface area contributed by atoms with E-state index in [0.29, 0.717) is 6.42 Å². The highest BCUT2D eigenvalue weighted by atomic mass is 16.2. The van der Waals surface area contributed by atoms with Gasteiger partial charge in [0.25, 0.3) is 0 Å². The Morgan fingerprint density at radius 3 is 2.33 bits per heavy atom. The van der Waals surface area contributed by atoms with Gasteiger partial charge in [0.05, 0.1) is 5.92 Å². The van der Waals surface area contributed by atoms with Crippen LogP contribution in [0.15, 0.2) is 24.3 Å². The second-order valence-corrected chi connectivity index (χ2v) is 6.24. The average Bonchev–Trinajstić information content (AvgIpc) is 2.40. The van der Waals surface area contributed by atoms with E-state index in [1.807, 2.05) is 31.2 Å². The van der Waals surface area contributed by atoms with Crippen molar-refractivity contribution in [3.8, 4) is 0 Å². The normalized spacial score (nSPS) is 21.2. The van der Waals surface area contributed by atoms with Gasteiger partial charge in [0.15, 0.2) is 0 Å². The lowest BCUT2D eigenvalue weighted by Crippen LogP contribution is -2.51. The summed E-state index contributed by atoms with van der Waals surface area (Å²) in [6, 6.07) is 8.05. The third-order valence-corrected chi connectivity index (χ3v) is 4.65. The molecule has 0 saturated carbocycles. The Hall–Kier alpha value is -1.64. The summed E-state index contributed by atoms with van der Waals surface area (Å²) >= 11 is 0. The number of aryl methyl sites for hydroxylation is 1. The highest BCUT2D eigenvalue weighted by Crippen LogP contribution is 2.49. The molecule has 21 heavy (non-hydrogen) atoms. The smallest absolute Gasteiger partial charge is 0.234 e. The predicted octanol–water partition coefficient (Wildman–Crippen LogP) is 3.71. The molecule has 114 valence electrons. The summed E-state index contributed by atoms with van der Waals surface area (Å²) in [4.78, 5) is 24.6. The van der Waals surface area contributed by atoms with Gasteiger partial charge in [0, 0.05) is 6.42 Å². The molecule has 1 aromatic carbocycles. The summed E-state index contributed by atoms with van der Waals surface area (Å²) in [5, 5.41) is 2.55. The quantitative estimate of drug-likeness (QED) is 0.839.